The number of carbonyl (C=O) groups excluding carboxylic acids is 1. The van der Waals surface area contributed by atoms with E-state index in [1.165, 1.54) is 11.3 Å². The number of aromatic nitrogens is 3. The van der Waals surface area contributed by atoms with Crippen molar-refractivity contribution in [2.45, 2.75) is 40.3 Å². The molecule has 0 saturated heterocycles. The summed E-state index contributed by atoms with van der Waals surface area (Å²) in [5.41, 5.74) is 1.83. The van der Waals surface area contributed by atoms with Crippen molar-refractivity contribution in [1.82, 2.24) is 25.4 Å². The smallest absolute Gasteiger partial charge is 0.350 e. The van der Waals surface area contributed by atoms with Gasteiger partial charge in [0.1, 0.15) is 9.88 Å². The second-order valence-corrected chi connectivity index (χ2v) is 6.86. The number of carbonyl (C=O) groups is 1. The Balaban J connectivity index is 1.91. The van der Waals surface area contributed by atoms with E-state index in [-0.39, 0.29) is 12.0 Å². The summed E-state index contributed by atoms with van der Waals surface area (Å²) >= 11 is 1.35. The zero-order valence-corrected chi connectivity index (χ0v) is 16.7. The maximum absolute atomic E-state index is 11.9. The van der Waals surface area contributed by atoms with Crippen LogP contribution in [0.4, 0.5) is 0 Å². The van der Waals surface area contributed by atoms with Crippen LogP contribution >= 0.6 is 11.3 Å². The van der Waals surface area contributed by atoms with Crippen molar-refractivity contribution < 1.29 is 9.53 Å². The van der Waals surface area contributed by atoms with Crippen LogP contribution in [0.3, 0.4) is 0 Å². The number of guanidine groups is 1. The summed E-state index contributed by atoms with van der Waals surface area (Å²) in [4.78, 5) is 21.2. The van der Waals surface area contributed by atoms with Gasteiger partial charge >= 0.3 is 5.97 Å². The average Bonchev–Trinajstić information content (AvgIpc) is 3.19. The highest BCUT2D eigenvalue weighted by Gasteiger charge is 2.20. The van der Waals surface area contributed by atoms with E-state index in [1.54, 1.807) is 14.0 Å². The largest absolute Gasteiger partial charge is 0.462 e. The second kappa shape index (κ2) is 9.33. The van der Waals surface area contributed by atoms with Crippen molar-refractivity contribution in [3.05, 3.63) is 33.5 Å². The van der Waals surface area contributed by atoms with Crippen LogP contribution in [0.5, 0.6) is 0 Å². The van der Waals surface area contributed by atoms with Crippen LogP contribution in [0.25, 0.3) is 0 Å². The maximum atomic E-state index is 11.9. The van der Waals surface area contributed by atoms with E-state index in [4.69, 9.17) is 4.74 Å². The molecule has 2 N–H and O–H groups in total. The van der Waals surface area contributed by atoms with E-state index in [1.807, 2.05) is 37.8 Å². The Bertz CT molecular complexity index is 767. The van der Waals surface area contributed by atoms with Gasteiger partial charge in [0.2, 0.25) is 0 Å². The number of hydrogen-bond donors (Lipinski definition) is 2. The molecule has 0 bridgehead atoms. The molecule has 2 aromatic rings. The lowest BCUT2D eigenvalue weighted by molar-refractivity contribution is 0.0531. The first-order valence-corrected chi connectivity index (χ1v) is 9.37. The van der Waals surface area contributed by atoms with Gasteiger partial charge in [-0.25, -0.2) is 9.78 Å². The fourth-order valence-electron chi connectivity index (χ4n) is 2.33. The van der Waals surface area contributed by atoms with Gasteiger partial charge < -0.3 is 15.4 Å². The molecule has 0 fully saturated rings. The highest BCUT2D eigenvalue weighted by Crippen LogP contribution is 2.24. The van der Waals surface area contributed by atoms with Crippen LogP contribution in [0.1, 0.15) is 45.8 Å². The molecule has 2 heterocycles. The van der Waals surface area contributed by atoms with E-state index < -0.39 is 0 Å². The Morgan fingerprint density at radius 2 is 2.23 bits per heavy atom. The number of nitrogens with one attached hydrogen (secondary N) is 2. The minimum Gasteiger partial charge on any atom is -0.462 e. The molecule has 1 unspecified atom stereocenters. The molecule has 0 radical (unpaired) electrons. The first-order chi connectivity index (χ1) is 12.4. The summed E-state index contributed by atoms with van der Waals surface area (Å²) in [6.07, 6.45) is 3.83. The minimum absolute atomic E-state index is 0.0833. The minimum atomic E-state index is -0.321. The third kappa shape index (κ3) is 5.29. The third-order valence-electron chi connectivity index (χ3n) is 3.62. The molecule has 8 nitrogen and oxygen atoms in total. The van der Waals surface area contributed by atoms with Gasteiger partial charge in [-0.1, -0.05) is 0 Å². The summed E-state index contributed by atoms with van der Waals surface area (Å²) in [6.45, 7) is 9.39. The van der Waals surface area contributed by atoms with Crippen LogP contribution in [-0.4, -0.2) is 46.9 Å². The molecule has 142 valence electrons. The number of esters is 1. The molecule has 1 atom stereocenters. The maximum Gasteiger partial charge on any atom is 0.350 e. The standard InChI is InChI=1S/C17H26N6O2S/c1-6-25-16(24)14-12(3)21-15(26-14)13(4)22-17(18-5)19-7-8-23-10-11(2)9-20-23/h9-10,13H,6-8H2,1-5H3,(H2,18,19,22). The first kappa shape index (κ1) is 19.9. The van der Waals surface area contributed by atoms with Crippen LogP contribution in [-0.2, 0) is 11.3 Å². The van der Waals surface area contributed by atoms with Gasteiger partial charge in [-0.15, -0.1) is 11.3 Å². The van der Waals surface area contributed by atoms with Crippen LogP contribution in [0, 0.1) is 13.8 Å². The fraction of sp³-hybridized carbons (Fsp3) is 0.529. The molecular formula is C17H26N6O2S. The van der Waals surface area contributed by atoms with E-state index in [9.17, 15) is 4.79 Å². The van der Waals surface area contributed by atoms with Crippen molar-refractivity contribution in [3.63, 3.8) is 0 Å². The van der Waals surface area contributed by atoms with Gasteiger partial charge in [-0.2, -0.15) is 5.10 Å². The quantitative estimate of drug-likeness (QED) is 0.435. The second-order valence-electron chi connectivity index (χ2n) is 5.83. The van der Waals surface area contributed by atoms with Crippen molar-refractivity contribution in [2.75, 3.05) is 20.2 Å². The summed E-state index contributed by atoms with van der Waals surface area (Å²) in [5.74, 6) is 0.352. The number of ether oxygens (including phenoxy) is 1. The number of thiazole rings is 1. The van der Waals surface area contributed by atoms with Crippen molar-refractivity contribution >= 4 is 23.3 Å². The van der Waals surface area contributed by atoms with Crippen LogP contribution < -0.4 is 10.6 Å². The number of rotatable bonds is 7. The summed E-state index contributed by atoms with van der Waals surface area (Å²) in [6, 6.07) is -0.0833. The average molecular weight is 379 g/mol. The SMILES string of the molecule is CCOC(=O)c1sc(C(C)NC(=NC)NCCn2cc(C)cn2)nc1C. The molecule has 2 aromatic heterocycles. The molecule has 0 saturated carbocycles. The molecule has 0 aromatic carbocycles. The molecular weight excluding hydrogens is 352 g/mol. The normalized spacial score (nSPS) is 12.7. The predicted octanol–water partition coefficient (Wildman–Crippen LogP) is 2.06. The number of aryl methyl sites for hydroxylation is 2. The highest BCUT2D eigenvalue weighted by atomic mass is 32.1. The van der Waals surface area contributed by atoms with Gasteiger partial charge in [0.05, 0.1) is 31.1 Å². The third-order valence-corrected chi connectivity index (χ3v) is 4.94. The fourth-order valence-corrected chi connectivity index (χ4v) is 3.29. The van der Waals surface area contributed by atoms with E-state index in [2.05, 4.69) is 25.7 Å². The monoisotopic (exact) mass is 378 g/mol. The van der Waals surface area contributed by atoms with E-state index >= 15 is 0 Å². The van der Waals surface area contributed by atoms with Gasteiger partial charge in [-0.3, -0.25) is 9.67 Å². The Morgan fingerprint density at radius 1 is 1.46 bits per heavy atom. The molecule has 9 heteroatoms. The van der Waals surface area contributed by atoms with E-state index in [0.29, 0.717) is 29.7 Å². The van der Waals surface area contributed by atoms with Gasteiger partial charge in [0, 0.05) is 19.8 Å². The molecule has 26 heavy (non-hydrogen) atoms. The summed E-state index contributed by atoms with van der Waals surface area (Å²) in [5, 5.41) is 11.6. The van der Waals surface area contributed by atoms with Crippen LogP contribution in [0.2, 0.25) is 0 Å². The van der Waals surface area contributed by atoms with Gasteiger partial charge in [0.25, 0.3) is 0 Å². The first-order valence-electron chi connectivity index (χ1n) is 8.55. The number of aliphatic imine (C=N–C) groups is 1. The Morgan fingerprint density at radius 3 is 2.85 bits per heavy atom. The Labute approximate surface area is 157 Å². The van der Waals surface area contributed by atoms with E-state index in [0.717, 1.165) is 17.1 Å². The summed E-state index contributed by atoms with van der Waals surface area (Å²) in [7, 11) is 1.72. The topological polar surface area (TPSA) is 93.4 Å². The van der Waals surface area contributed by atoms with Gasteiger partial charge in [-0.05, 0) is 33.3 Å². The van der Waals surface area contributed by atoms with Crippen molar-refractivity contribution in [2.24, 2.45) is 4.99 Å². The zero-order valence-electron chi connectivity index (χ0n) is 15.9. The summed E-state index contributed by atoms with van der Waals surface area (Å²) < 4.78 is 6.95. The molecule has 0 amide bonds. The molecule has 0 aliphatic rings. The van der Waals surface area contributed by atoms with Crippen LogP contribution in [0.15, 0.2) is 17.4 Å². The molecule has 0 aliphatic carbocycles. The molecule has 0 spiro atoms. The molecule has 2 rings (SSSR count). The Hall–Kier alpha value is -2.42. The zero-order chi connectivity index (χ0) is 19.1. The predicted molar refractivity (Wildman–Crippen MR) is 103 cm³/mol. The van der Waals surface area contributed by atoms with Crippen molar-refractivity contribution in [3.8, 4) is 0 Å². The lowest BCUT2D eigenvalue weighted by Crippen LogP contribution is -2.40. The lowest BCUT2D eigenvalue weighted by atomic mass is 10.3. The van der Waals surface area contributed by atoms with Crippen molar-refractivity contribution in [1.29, 1.82) is 0 Å². The number of nitrogens with zero attached hydrogens (tertiary/aromatic N) is 4. The van der Waals surface area contributed by atoms with Gasteiger partial charge in [0.15, 0.2) is 5.96 Å². The number of hydrogen-bond acceptors (Lipinski definition) is 6. The lowest BCUT2D eigenvalue weighted by Gasteiger charge is -2.16. The highest BCUT2D eigenvalue weighted by molar-refractivity contribution is 7.13. The Kier molecular flexibility index (Phi) is 7.14. The molecule has 0 aliphatic heterocycles.